The number of anilines is 1. The summed E-state index contributed by atoms with van der Waals surface area (Å²) in [6, 6.07) is 10.4. The molecule has 0 aliphatic heterocycles. The van der Waals surface area contributed by atoms with Gasteiger partial charge in [0.2, 0.25) is 0 Å². The third-order valence-electron chi connectivity index (χ3n) is 5.76. The SMILES string of the molecule is O=C(c1ccc(Cl)cc1)c1c(Cl)cc(Cn2nnc3c(NC4CCCC4)ncnc32)cc1Cl. The maximum atomic E-state index is 12.9. The molecule has 4 aromatic rings. The number of carbonyl (C=O) groups excluding carboxylic acids is 1. The molecule has 10 heteroatoms. The largest absolute Gasteiger partial charge is 0.365 e. The van der Waals surface area contributed by atoms with E-state index in [2.05, 4.69) is 25.6 Å². The molecule has 2 aromatic carbocycles. The predicted octanol–water partition coefficient (Wildman–Crippen LogP) is 5.82. The Hall–Kier alpha value is -2.74. The molecule has 0 bridgehead atoms. The van der Waals surface area contributed by atoms with Crippen molar-refractivity contribution >= 4 is 57.6 Å². The molecular formula is C23H19Cl3N6O. The zero-order chi connectivity index (χ0) is 22.9. The van der Waals surface area contributed by atoms with Crippen LogP contribution in [0.3, 0.4) is 0 Å². The highest BCUT2D eigenvalue weighted by atomic mass is 35.5. The lowest BCUT2D eigenvalue weighted by atomic mass is 10.0. The second-order valence-corrected chi connectivity index (χ2v) is 9.29. The van der Waals surface area contributed by atoms with Gasteiger partial charge in [-0.05, 0) is 54.8 Å². The molecule has 1 aliphatic carbocycles. The topological polar surface area (TPSA) is 85.6 Å². The highest BCUT2D eigenvalue weighted by molar-refractivity contribution is 6.41. The Morgan fingerprint density at radius 1 is 1.03 bits per heavy atom. The van der Waals surface area contributed by atoms with Gasteiger partial charge in [0, 0.05) is 16.6 Å². The van der Waals surface area contributed by atoms with Gasteiger partial charge in [-0.25, -0.2) is 14.6 Å². The summed E-state index contributed by atoms with van der Waals surface area (Å²) in [5.41, 5.74) is 2.71. The molecule has 0 radical (unpaired) electrons. The molecule has 1 N–H and O–H groups in total. The number of rotatable bonds is 6. The van der Waals surface area contributed by atoms with Crippen LogP contribution in [0.2, 0.25) is 15.1 Å². The summed E-state index contributed by atoms with van der Waals surface area (Å²) in [6.45, 7) is 0.339. The molecule has 0 atom stereocenters. The van der Waals surface area contributed by atoms with Crippen LogP contribution in [0.1, 0.15) is 47.2 Å². The van der Waals surface area contributed by atoms with E-state index in [1.165, 1.54) is 19.2 Å². The first-order valence-electron chi connectivity index (χ1n) is 10.6. The van der Waals surface area contributed by atoms with Gasteiger partial charge in [0.25, 0.3) is 0 Å². The lowest BCUT2D eigenvalue weighted by Crippen LogP contribution is -2.16. The van der Waals surface area contributed by atoms with Crippen molar-refractivity contribution in [3.8, 4) is 0 Å². The number of nitrogens with one attached hydrogen (secondary N) is 1. The van der Waals surface area contributed by atoms with Crippen LogP contribution in [0, 0.1) is 0 Å². The van der Waals surface area contributed by atoms with Crippen LogP contribution in [-0.2, 0) is 6.54 Å². The monoisotopic (exact) mass is 500 g/mol. The van der Waals surface area contributed by atoms with Crippen molar-refractivity contribution in [3.05, 3.63) is 74.5 Å². The molecule has 168 valence electrons. The average Bonchev–Trinajstić information content (AvgIpc) is 3.44. The van der Waals surface area contributed by atoms with Crippen LogP contribution < -0.4 is 5.32 Å². The van der Waals surface area contributed by atoms with Crippen molar-refractivity contribution in [2.24, 2.45) is 0 Å². The molecule has 0 saturated heterocycles. The molecule has 1 aliphatic rings. The highest BCUT2D eigenvalue weighted by Gasteiger charge is 2.21. The molecule has 1 fully saturated rings. The summed E-state index contributed by atoms with van der Waals surface area (Å²) in [5, 5.41) is 13.1. The van der Waals surface area contributed by atoms with Crippen LogP contribution in [0.25, 0.3) is 11.2 Å². The van der Waals surface area contributed by atoms with E-state index in [1.807, 2.05) is 0 Å². The van der Waals surface area contributed by atoms with Gasteiger partial charge >= 0.3 is 0 Å². The summed E-state index contributed by atoms with van der Waals surface area (Å²) in [4.78, 5) is 21.6. The number of carbonyl (C=O) groups is 1. The molecule has 2 aromatic heterocycles. The van der Waals surface area contributed by atoms with E-state index in [9.17, 15) is 4.79 Å². The van der Waals surface area contributed by atoms with Gasteiger partial charge < -0.3 is 5.32 Å². The summed E-state index contributed by atoms with van der Waals surface area (Å²) < 4.78 is 1.67. The number of ketones is 1. The standard InChI is InChI=1S/C23H19Cl3N6O/c24-15-7-5-14(6-8-15)21(33)19-17(25)9-13(10-18(19)26)11-32-23-20(30-31-32)22(27-12-28-23)29-16-3-1-2-4-16/h5-10,12,16H,1-4,11H2,(H,27,28,29). The maximum absolute atomic E-state index is 12.9. The van der Waals surface area contributed by atoms with Crippen molar-refractivity contribution in [1.82, 2.24) is 25.0 Å². The minimum atomic E-state index is -0.269. The predicted molar refractivity (Wildman–Crippen MR) is 129 cm³/mol. The van der Waals surface area contributed by atoms with Crippen LogP contribution >= 0.6 is 34.8 Å². The van der Waals surface area contributed by atoms with Crippen LogP contribution in [0.4, 0.5) is 5.82 Å². The van der Waals surface area contributed by atoms with E-state index in [0.29, 0.717) is 40.2 Å². The number of aromatic nitrogens is 5. The fourth-order valence-corrected chi connectivity index (χ4v) is 4.95. The smallest absolute Gasteiger partial charge is 0.196 e. The fraction of sp³-hybridized carbons (Fsp3) is 0.261. The molecular weight excluding hydrogens is 483 g/mol. The number of nitrogens with zero attached hydrogens (tertiary/aromatic N) is 5. The third kappa shape index (κ3) is 4.53. The summed E-state index contributed by atoms with van der Waals surface area (Å²) in [5.74, 6) is 0.424. The van der Waals surface area contributed by atoms with E-state index in [-0.39, 0.29) is 21.4 Å². The molecule has 0 spiro atoms. The Morgan fingerprint density at radius 3 is 2.42 bits per heavy atom. The van der Waals surface area contributed by atoms with Crippen molar-refractivity contribution in [2.75, 3.05) is 5.32 Å². The molecule has 0 unspecified atom stereocenters. The van der Waals surface area contributed by atoms with Crippen molar-refractivity contribution in [3.63, 3.8) is 0 Å². The quantitative estimate of drug-likeness (QED) is 0.335. The Labute approximate surface area is 205 Å². The highest BCUT2D eigenvalue weighted by Crippen LogP contribution is 2.30. The number of halogens is 3. The van der Waals surface area contributed by atoms with E-state index >= 15 is 0 Å². The fourth-order valence-electron chi connectivity index (χ4n) is 4.12. The number of fused-ring (bicyclic) bond motifs is 1. The third-order valence-corrected chi connectivity index (χ3v) is 6.61. The van der Waals surface area contributed by atoms with E-state index < -0.39 is 0 Å². The van der Waals surface area contributed by atoms with Crippen LogP contribution in [-0.4, -0.2) is 36.8 Å². The second-order valence-electron chi connectivity index (χ2n) is 8.04. The Kier molecular flexibility index (Phi) is 6.19. The van der Waals surface area contributed by atoms with Crippen LogP contribution in [0.5, 0.6) is 0 Å². The molecule has 1 saturated carbocycles. The van der Waals surface area contributed by atoms with Gasteiger partial charge in [-0.15, -0.1) is 5.10 Å². The van der Waals surface area contributed by atoms with Gasteiger partial charge in [-0.1, -0.05) is 52.9 Å². The lowest BCUT2D eigenvalue weighted by molar-refractivity contribution is 0.103. The minimum absolute atomic E-state index is 0.248. The molecule has 0 amide bonds. The Morgan fingerprint density at radius 2 is 1.73 bits per heavy atom. The Balaban J connectivity index is 1.41. The first-order chi connectivity index (χ1) is 16.0. The van der Waals surface area contributed by atoms with Gasteiger partial charge in [0.05, 0.1) is 22.2 Å². The normalized spacial score (nSPS) is 14.2. The molecule has 2 heterocycles. The van der Waals surface area contributed by atoms with Crippen molar-refractivity contribution in [1.29, 1.82) is 0 Å². The number of benzene rings is 2. The average molecular weight is 502 g/mol. The second kappa shape index (κ2) is 9.25. The van der Waals surface area contributed by atoms with Crippen molar-refractivity contribution in [2.45, 2.75) is 38.3 Å². The number of hydrogen-bond acceptors (Lipinski definition) is 6. The first kappa shape index (κ1) is 22.1. The molecule has 5 rings (SSSR count). The van der Waals surface area contributed by atoms with Gasteiger partial charge in [-0.2, -0.15) is 0 Å². The van der Waals surface area contributed by atoms with E-state index in [1.54, 1.807) is 41.1 Å². The Bertz CT molecular complexity index is 1310. The lowest BCUT2D eigenvalue weighted by Gasteiger charge is -2.12. The zero-order valence-electron chi connectivity index (χ0n) is 17.4. The molecule has 7 nitrogen and oxygen atoms in total. The maximum Gasteiger partial charge on any atom is 0.196 e. The van der Waals surface area contributed by atoms with Gasteiger partial charge in [0.15, 0.2) is 22.8 Å². The summed E-state index contributed by atoms with van der Waals surface area (Å²) >= 11 is 18.9. The zero-order valence-corrected chi connectivity index (χ0v) is 19.7. The summed E-state index contributed by atoms with van der Waals surface area (Å²) in [7, 11) is 0. The summed E-state index contributed by atoms with van der Waals surface area (Å²) in [6.07, 6.45) is 6.19. The van der Waals surface area contributed by atoms with Crippen LogP contribution in [0.15, 0.2) is 42.7 Å². The van der Waals surface area contributed by atoms with Crippen molar-refractivity contribution < 1.29 is 4.79 Å². The van der Waals surface area contributed by atoms with E-state index in [0.717, 1.165) is 18.4 Å². The first-order valence-corrected chi connectivity index (χ1v) is 11.7. The van der Waals surface area contributed by atoms with E-state index in [4.69, 9.17) is 34.8 Å². The van der Waals surface area contributed by atoms with Gasteiger partial charge in [0.1, 0.15) is 6.33 Å². The number of hydrogen-bond donors (Lipinski definition) is 1. The van der Waals surface area contributed by atoms with Gasteiger partial charge in [-0.3, -0.25) is 4.79 Å². The minimum Gasteiger partial charge on any atom is -0.365 e. The molecule has 33 heavy (non-hydrogen) atoms.